The second-order valence-electron chi connectivity index (χ2n) is 25.2. The Bertz CT molecular complexity index is 1680. The summed E-state index contributed by atoms with van der Waals surface area (Å²) in [5, 5.41) is 10.5. The van der Waals surface area contributed by atoms with Gasteiger partial charge in [-0.25, -0.2) is 9.13 Å². The summed E-state index contributed by atoms with van der Waals surface area (Å²) < 4.78 is 68.0. The normalized spacial score (nSPS) is 14.2. The van der Waals surface area contributed by atoms with E-state index in [0.29, 0.717) is 31.6 Å². The van der Waals surface area contributed by atoms with Gasteiger partial charge in [-0.3, -0.25) is 37.3 Å². The van der Waals surface area contributed by atoms with Gasteiger partial charge in [0.15, 0.2) is 12.2 Å². The van der Waals surface area contributed by atoms with E-state index in [2.05, 4.69) is 41.5 Å². The quantitative estimate of drug-likeness (QED) is 0.0222. The molecule has 19 heteroatoms. The van der Waals surface area contributed by atoms with Gasteiger partial charge in [-0.2, -0.15) is 0 Å². The zero-order chi connectivity index (χ0) is 63.6. The number of carbonyl (C=O) groups is 4. The molecule has 0 saturated heterocycles. The second-order valence-corrected chi connectivity index (χ2v) is 28.1. The molecule has 0 radical (unpaired) electrons. The number of rotatable bonds is 66. The summed E-state index contributed by atoms with van der Waals surface area (Å²) in [6.45, 7) is 9.44. The van der Waals surface area contributed by atoms with E-state index >= 15 is 0 Å². The molecule has 0 aromatic heterocycles. The molecule has 510 valence electrons. The van der Waals surface area contributed by atoms with Gasteiger partial charge in [0.2, 0.25) is 0 Å². The van der Waals surface area contributed by atoms with Gasteiger partial charge in [-0.05, 0) is 37.5 Å². The second kappa shape index (κ2) is 59.4. The van der Waals surface area contributed by atoms with Crippen molar-refractivity contribution < 1.29 is 80.2 Å². The first-order chi connectivity index (χ1) is 41.4. The molecule has 0 aromatic rings. The van der Waals surface area contributed by atoms with Crippen LogP contribution in [0.25, 0.3) is 0 Å². The van der Waals surface area contributed by atoms with E-state index < -0.39 is 97.5 Å². The molecule has 86 heavy (non-hydrogen) atoms. The summed E-state index contributed by atoms with van der Waals surface area (Å²) >= 11 is 0. The summed E-state index contributed by atoms with van der Waals surface area (Å²) in [7, 11) is -9.89. The van der Waals surface area contributed by atoms with E-state index in [4.69, 9.17) is 37.0 Å². The fourth-order valence-electron chi connectivity index (χ4n) is 10.1. The molecule has 0 amide bonds. The Kier molecular flexibility index (Phi) is 58.0. The van der Waals surface area contributed by atoms with Gasteiger partial charge in [0, 0.05) is 25.7 Å². The fourth-order valence-corrected chi connectivity index (χ4v) is 11.6. The number of esters is 4. The standard InChI is InChI=1S/C67H130O17P2/c1-7-9-11-13-15-25-30-37-43-49-64(69)77-55-62(83-66(71)51-45-39-31-26-16-14-12-10-8-2)57-81-85(73,74)79-53-61(68)54-80-86(75,76)82-58-63(56-78-65(70)50-44-38-34-33-36-42-48-60(5)6)84-67(72)52-46-40-32-28-24-22-20-18-17-19-21-23-27-29-35-41-47-59(3)4/h59-63,68H,7-58H2,1-6H3,(H,73,74)(H,75,76)/t61-,62+,63+/m0/s1. The smallest absolute Gasteiger partial charge is 0.462 e. The summed E-state index contributed by atoms with van der Waals surface area (Å²) in [5.74, 6) is -0.645. The minimum Gasteiger partial charge on any atom is -0.462 e. The van der Waals surface area contributed by atoms with Crippen LogP contribution in [0.1, 0.15) is 337 Å². The number of hydrogen-bond acceptors (Lipinski definition) is 15. The summed E-state index contributed by atoms with van der Waals surface area (Å²) in [6, 6.07) is 0. The van der Waals surface area contributed by atoms with Crippen LogP contribution in [0, 0.1) is 11.8 Å². The highest BCUT2D eigenvalue weighted by Gasteiger charge is 2.30. The zero-order valence-electron chi connectivity index (χ0n) is 55.6. The number of ether oxygens (including phenoxy) is 4. The van der Waals surface area contributed by atoms with E-state index in [9.17, 15) is 43.2 Å². The van der Waals surface area contributed by atoms with Crippen molar-refractivity contribution in [1.82, 2.24) is 0 Å². The lowest BCUT2D eigenvalue weighted by molar-refractivity contribution is -0.161. The molecule has 3 N–H and O–H groups in total. The van der Waals surface area contributed by atoms with Gasteiger partial charge in [0.25, 0.3) is 0 Å². The lowest BCUT2D eigenvalue weighted by Crippen LogP contribution is -2.30. The largest absolute Gasteiger partial charge is 0.472 e. The molecule has 0 aliphatic carbocycles. The Hall–Kier alpha value is -1.94. The molecule has 0 aliphatic rings. The van der Waals surface area contributed by atoms with E-state index in [0.717, 1.165) is 102 Å². The van der Waals surface area contributed by atoms with Crippen LogP contribution >= 0.6 is 15.6 Å². The predicted octanol–water partition coefficient (Wildman–Crippen LogP) is 18.8. The third-order valence-electron chi connectivity index (χ3n) is 15.5. The third-order valence-corrected chi connectivity index (χ3v) is 17.4. The van der Waals surface area contributed by atoms with Crippen molar-refractivity contribution in [1.29, 1.82) is 0 Å². The Morgan fingerprint density at radius 3 is 0.791 bits per heavy atom. The minimum atomic E-state index is -4.95. The van der Waals surface area contributed by atoms with Crippen molar-refractivity contribution in [3.05, 3.63) is 0 Å². The van der Waals surface area contributed by atoms with Crippen molar-refractivity contribution in [3.63, 3.8) is 0 Å². The minimum absolute atomic E-state index is 0.105. The predicted molar refractivity (Wildman–Crippen MR) is 345 cm³/mol. The van der Waals surface area contributed by atoms with Gasteiger partial charge in [0.05, 0.1) is 26.4 Å². The number of phosphoric acid groups is 2. The number of hydrogen-bond donors (Lipinski definition) is 3. The van der Waals surface area contributed by atoms with Crippen LogP contribution in [0.4, 0.5) is 0 Å². The van der Waals surface area contributed by atoms with Crippen LogP contribution < -0.4 is 0 Å². The molecule has 17 nitrogen and oxygen atoms in total. The average Bonchev–Trinajstić information content (AvgIpc) is 3.64. The SMILES string of the molecule is CCCCCCCCCCCC(=O)OC[C@H](COP(=O)(O)OC[C@H](O)COP(=O)(O)OC[C@@H](COC(=O)CCCCCCCCC(C)C)OC(=O)CCCCCCCCCCCCCCCCCCC(C)C)OC(=O)CCCCCCCCCCC. The number of aliphatic hydroxyl groups excluding tert-OH is 1. The van der Waals surface area contributed by atoms with E-state index in [1.807, 2.05) is 0 Å². The zero-order valence-corrected chi connectivity index (χ0v) is 57.4. The van der Waals surface area contributed by atoms with Crippen LogP contribution in [0.3, 0.4) is 0 Å². The summed E-state index contributed by atoms with van der Waals surface area (Å²) in [6.07, 6.45) is 43.3. The molecule has 0 spiro atoms. The van der Waals surface area contributed by atoms with E-state index in [1.54, 1.807) is 0 Å². The molecule has 0 aromatic carbocycles. The number of phosphoric ester groups is 2. The molecule has 0 aliphatic heterocycles. The maximum absolute atomic E-state index is 13.0. The Balaban J connectivity index is 5.15. The molecule has 0 heterocycles. The molecule has 0 bridgehead atoms. The average molecular weight is 1270 g/mol. The highest BCUT2D eigenvalue weighted by atomic mass is 31.2. The highest BCUT2D eigenvalue weighted by molar-refractivity contribution is 7.47. The monoisotopic (exact) mass is 1270 g/mol. The summed E-state index contributed by atoms with van der Waals surface area (Å²) in [5.41, 5.74) is 0. The van der Waals surface area contributed by atoms with Crippen molar-refractivity contribution in [3.8, 4) is 0 Å². The van der Waals surface area contributed by atoms with Gasteiger partial charge in [-0.1, -0.05) is 286 Å². The molecular formula is C67H130O17P2. The number of carbonyl (C=O) groups excluding carboxylic acids is 4. The molecule has 0 fully saturated rings. The lowest BCUT2D eigenvalue weighted by Gasteiger charge is -2.21. The van der Waals surface area contributed by atoms with E-state index in [-0.39, 0.29) is 25.7 Å². The molecule has 2 unspecified atom stereocenters. The number of aliphatic hydroxyl groups is 1. The Morgan fingerprint density at radius 2 is 0.535 bits per heavy atom. The maximum Gasteiger partial charge on any atom is 0.472 e. The number of unbranched alkanes of at least 4 members (excludes halogenated alkanes) is 36. The first-order valence-electron chi connectivity index (χ1n) is 35.0. The van der Waals surface area contributed by atoms with Crippen LogP contribution in [-0.2, 0) is 65.4 Å². The van der Waals surface area contributed by atoms with Gasteiger partial charge < -0.3 is 33.8 Å². The first-order valence-corrected chi connectivity index (χ1v) is 38.0. The summed E-state index contributed by atoms with van der Waals surface area (Å²) in [4.78, 5) is 72.2. The van der Waals surface area contributed by atoms with Crippen LogP contribution in [0.2, 0.25) is 0 Å². The van der Waals surface area contributed by atoms with Crippen LogP contribution in [0.15, 0.2) is 0 Å². The maximum atomic E-state index is 13.0. The molecular weight excluding hydrogens is 1140 g/mol. The lowest BCUT2D eigenvalue weighted by atomic mass is 10.0. The Morgan fingerprint density at radius 1 is 0.314 bits per heavy atom. The van der Waals surface area contributed by atoms with Crippen LogP contribution in [-0.4, -0.2) is 96.7 Å². The molecule has 0 saturated carbocycles. The van der Waals surface area contributed by atoms with Gasteiger partial charge in [-0.15, -0.1) is 0 Å². The van der Waals surface area contributed by atoms with Crippen LogP contribution in [0.5, 0.6) is 0 Å². The van der Waals surface area contributed by atoms with Crippen molar-refractivity contribution in [2.75, 3.05) is 39.6 Å². The topological polar surface area (TPSA) is 237 Å². The van der Waals surface area contributed by atoms with Crippen molar-refractivity contribution in [2.24, 2.45) is 11.8 Å². The Labute approximate surface area is 524 Å². The molecule has 5 atom stereocenters. The fraction of sp³-hybridized carbons (Fsp3) is 0.940. The first kappa shape index (κ1) is 84.1. The van der Waals surface area contributed by atoms with Gasteiger partial charge >= 0.3 is 39.5 Å². The van der Waals surface area contributed by atoms with Crippen molar-refractivity contribution in [2.45, 2.75) is 355 Å². The van der Waals surface area contributed by atoms with Gasteiger partial charge in [0.1, 0.15) is 19.3 Å². The van der Waals surface area contributed by atoms with Crippen molar-refractivity contribution >= 4 is 39.5 Å². The van der Waals surface area contributed by atoms with E-state index in [1.165, 1.54) is 148 Å². The molecule has 0 rings (SSSR count). The third kappa shape index (κ3) is 60.9. The highest BCUT2D eigenvalue weighted by Crippen LogP contribution is 2.45.